The quantitative estimate of drug-likeness (QED) is 0.403. The van der Waals surface area contributed by atoms with Crippen LogP contribution in [0.3, 0.4) is 0 Å². The Hall–Kier alpha value is 0.120. The Morgan fingerprint density at radius 2 is 1.84 bits per heavy atom. The first kappa shape index (κ1) is 17.2. The van der Waals surface area contributed by atoms with Crippen molar-refractivity contribution in [2.75, 3.05) is 4.43 Å². The average Bonchev–Trinajstić information content (AvgIpc) is 2.64. The van der Waals surface area contributed by atoms with E-state index < -0.39 is 10.0 Å². The van der Waals surface area contributed by atoms with Crippen LogP contribution in [0.4, 0.5) is 0 Å². The minimum absolute atomic E-state index is 0.101. The summed E-state index contributed by atoms with van der Waals surface area (Å²) in [6, 6.07) is 0.201. The van der Waals surface area contributed by atoms with Gasteiger partial charge in [-0.25, -0.2) is 8.42 Å². The van der Waals surface area contributed by atoms with E-state index in [-0.39, 0.29) is 18.0 Å². The van der Waals surface area contributed by atoms with Crippen molar-refractivity contribution in [3.05, 3.63) is 23.1 Å². The van der Waals surface area contributed by atoms with Crippen molar-refractivity contribution in [2.45, 2.75) is 52.6 Å². The van der Waals surface area contributed by atoms with Gasteiger partial charge in [0, 0.05) is 16.5 Å². The SMILES string of the molecule is CC(C)/C=C(\C=C/CI)S(=O)(=O)N1C(C)CCC1C. The van der Waals surface area contributed by atoms with E-state index in [1.807, 2.05) is 39.8 Å². The molecule has 2 unspecified atom stereocenters. The summed E-state index contributed by atoms with van der Waals surface area (Å²) in [5.74, 6) is 0.219. The zero-order valence-corrected chi connectivity index (χ0v) is 15.1. The van der Waals surface area contributed by atoms with Crippen molar-refractivity contribution in [3.63, 3.8) is 0 Å². The first-order valence-corrected chi connectivity index (χ1v) is 9.75. The van der Waals surface area contributed by atoms with Gasteiger partial charge >= 0.3 is 0 Å². The highest BCUT2D eigenvalue weighted by Gasteiger charge is 2.38. The molecular weight excluding hydrogens is 373 g/mol. The lowest BCUT2D eigenvalue weighted by Crippen LogP contribution is -2.39. The van der Waals surface area contributed by atoms with Gasteiger partial charge in [-0.05, 0) is 38.7 Å². The largest absolute Gasteiger partial charge is 0.243 e. The van der Waals surface area contributed by atoms with Gasteiger partial charge < -0.3 is 0 Å². The molecule has 1 saturated heterocycles. The molecule has 0 aromatic heterocycles. The van der Waals surface area contributed by atoms with Crippen molar-refractivity contribution in [3.8, 4) is 0 Å². The summed E-state index contributed by atoms with van der Waals surface area (Å²) in [5, 5.41) is 0. The third-order valence-electron chi connectivity index (χ3n) is 3.32. The van der Waals surface area contributed by atoms with E-state index in [4.69, 9.17) is 0 Å². The van der Waals surface area contributed by atoms with Gasteiger partial charge in [-0.3, -0.25) is 0 Å². The monoisotopic (exact) mass is 397 g/mol. The van der Waals surface area contributed by atoms with Gasteiger partial charge in [0.05, 0.1) is 4.91 Å². The molecule has 0 N–H and O–H groups in total. The maximum Gasteiger partial charge on any atom is 0.243 e. The van der Waals surface area contributed by atoms with Gasteiger partial charge in [-0.15, -0.1) is 0 Å². The van der Waals surface area contributed by atoms with E-state index in [1.54, 1.807) is 10.4 Å². The number of nitrogens with zero attached hydrogens (tertiary/aromatic N) is 1. The van der Waals surface area contributed by atoms with E-state index in [0.29, 0.717) is 4.91 Å². The van der Waals surface area contributed by atoms with Crippen LogP contribution < -0.4 is 0 Å². The fourth-order valence-electron chi connectivity index (χ4n) is 2.48. The molecule has 0 saturated carbocycles. The lowest BCUT2D eigenvalue weighted by molar-refractivity contribution is 0.354. The Morgan fingerprint density at radius 1 is 1.32 bits per heavy atom. The molecule has 1 aliphatic rings. The first-order chi connectivity index (χ1) is 8.80. The molecule has 2 atom stereocenters. The van der Waals surface area contributed by atoms with Crippen LogP contribution in [0.2, 0.25) is 0 Å². The smallest absolute Gasteiger partial charge is 0.207 e. The lowest BCUT2D eigenvalue weighted by atomic mass is 10.2. The standard InChI is InChI=1S/C14H24INO2S/c1-11(2)10-14(6-5-9-15)19(17,18)16-12(3)7-8-13(16)4/h5-6,10-13H,7-9H2,1-4H3/b6-5-,14-10+. The predicted octanol–water partition coefficient (Wildman–Crippen LogP) is 3.72. The van der Waals surface area contributed by atoms with Gasteiger partial charge in [0.2, 0.25) is 10.0 Å². The van der Waals surface area contributed by atoms with Gasteiger partial charge in [-0.2, -0.15) is 4.31 Å². The first-order valence-electron chi connectivity index (χ1n) is 6.78. The summed E-state index contributed by atoms with van der Waals surface area (Å²) in [4.78, 5) is 0.444. The minimum atomic E-state index is -3.36. The Morgan fingerprint density at radius 3 is 2.26 bits per heavy atom. The second kappa shape index (κ2) is 7.22. The van der Waals surface area contributed by atoms with Crippen LogP contribution in [0.15, 0.2) is 23.1 Å². The minimum Gasteiger partial charge on any atom is -0.207 e. The zero-order chi connectivity index (χ0) is 14.6. The van der Waals surface area contributed by atoms with Gasteiger partial charge in [0.15, 0.2) is 0 Å². The fourth-order valence-corrected chi connectivity index (χ4v) is 4.85. The molecule has 0 spiro atoms. The molecule has 0 aromatic carbocycles. The summed E-state index contributed by atoms with van der Waals surface area (Å²) in [6.45, 7) is 8.00. The molecule has 0 aliphatic carbocycles. The van der Waals surface area contributed by atoms with E-state index >= 15 is 0 Å². The van der Waals surface area contributed by atoms with Gasteiger partial charge in [-0.1, -0.05) is 48.6 Å². The Balaban J connectivity index is 3.16. The molecule has 1 aliphatic heterocycles. The zero-order valence-electron chi connectivity index (χ0n) is 12.1. The van der Waals surface area contributed by atoms with Crippen LogP contribution in [-0.4, -0.2) is 29.2 Å². The fraction of sp³-hybridized carbons (Fsp3) is 0.714. The number of hydrogen-bond acceptors (Lipinski definition) is 2. The van der Waals surface area contributed by atoms with E-state index in [0.717, 1.165) is 17.3 Å². The maximum absolute atomic E-state index is 12.8. The predicted molar refractivity (Wildman–Crippen MR) is 89.9 cm³/mol. The van der Waals surface area contributed by atoms with Crippen molar-refractivity contribution < 1.29 is 8.42 Å². The maximum atomic E-state index is 12.8. The Labute approximate surface area is 131 Å². The number of allylic oxidation sites excluding steroid dienone is 3. The van der Waals surface area contributed by atoms with E-state index in [1.165, 1.54) is 0 Å². The molecule has 5 heteroatoms. The molecule has 1 fully saturated rings. The van der Waals surface area contributed by atoms with Crippen LogP contribution in [-0.2, 0) is 10.0 Å². The molecule has 1 heterocycles. The van der Waals surface area contributed by atoms with E-state index in [2.05, 4.69) is 22.6 Å². The molecule has 0 amide bonds. The summed E-state index contributed by atoms with van der Waals surface area (Å²) in [6.07, 6.45) is 7.39. The van der Waals surface area contributed by atoms with Gasteiger partial charge in [0.1, 0.15) is 0 Å². The summed E-state index contributed by atoms with van der Waals surface area (Å²) in [5.41, 5.74) is 0. The molecule has 110 valence electrons. The number of alkyl halides is 1. The van der Waals surface area contributed by atoms with Crippen LogP contribution in [0.5, 0.6) is 0 Å². The highest BCUT2D eigenvalue weighted by molar-refractivity contribution is 14.1. The molecule has 0 bridgehead atoms. The lowest BCUT2D eigenvalue weighted by Gasteiger charge is -2.26. The molecule has 3 nitrogen and oxygen atoms in total. The van der Waals surface area contributed by atoms with Gasteiger partial charge in [0.25, 0.3) is 0 Å². The highest BCUT2D eigenvalue weighted by Crippen LogP contribution is 2.31. The average molecular weight is 397 g/mol. The Bertz CT molecular complexity index is 444. The molecule has 1 rings (SSSR count). The van der Waals surface area contributed by atoms with E-state index in [9.17, 15) is 8.42 Å². The van der Waals surface area contributed by atoms with Crippen LogP contribution >= 0.6 is 22.6 Å². The molecule has 19 heavy (non-hydrogen) atoms. The second-order valence-corrected chi connectivity index (χ2v) is 8.20. The number of rotatable bonds is 5. The topological polar surface area (TPSA) is 37.4 Å². The van der Waals surface area contributed by atoms with Crippen LogP contribution in [0.1, 0.15) is 40.5 Å². The third kappa shape index (κ3) is 4.29. The van der Waals surface area contributed by atoms with Crippen molar-refractivity contribution in [1.82, 2.24) is 4.31 Å². The number of halogens is 1. The second-order valence-electron chi connectivity index (χ2n) is 5.48. The van der Waals surface area contributed by atoms with Crippen molar-refractivity contribution in [1.29, 1.82) is 0 Å². The summed E-state index contributed by atoms with van der Waals surface area (Å²) < 4.78 is 28.1. The third-order valence-corrected chi connectivity index (χ3v) is 5.97. The number of hydrogen-bond donors (Lipinski definition) is 0. The normalized spacial score (nSPS) is 26.7. The highest BCUT2D eigenvalue weighted by atomic mass is 127. The summed E-state index contributed by atoms with van der Waals surface area (Å²) in [7, 11) is -3.36. The van der Waals surface area contributed by atoms with Crippen LogP contribution in [0, 0.1) is 5.92 Å². The van der Waals surface area contributed by atoms with Crippen molar-refractivity contribution in [2.24, 2.45) is 5.92 Å². The summed E-state index contributed by atoms with van der Waals surface area (Å²) >= 11 is 2.22. The molecule has 0 radical (unpaired) electrons. The van der Waals surface area contributed by atoms with Crippen LogP contribution in [0.25, 0.3) is 0 Å². The molecular formula is C14H24INO2S. The molecule has 0 aromatic rings. The Kier molecular flexibility index (Phi) is 6.53. The van der Waals surface area contributed by atoms with Crippen molar-refractivity contribution >= 4 is 32.6 Å². The number of sulfonamides is 1.